The molecule has 11 heteroatoms. The third-order valence-corrected chi connectivity index (χ3v) is 9.92. The molecule has 34 heavy (non-hydrogen) atoms. The van der Waals surface area contributed by atoms with E-state index in [0.29, 0.717) is 55.6 Å². The second-order valence-electron chi connectivity index (χ2n) is 8.55. The number of para-hydroxylation sites is 1. The molecule has 2 aromatic carbocycles. The maximum Gasteiger partial charge on any atom is 0.243 e. The van der Waals surface area contributed by atoms with E-state index in [4.69, 9.17) is 28.2 Å². The van der Waals surface area contributed by atoms with Crippen LogP contribution in [0.2, 0.25) is 10.0 Å². The molecule has 0 bridgehead atoms. The van der Waals surface area contributed by atoms with Gasteiger partial charge in [-0.1, -0.05) is 40.6 Å². The smallest absolute Gasteiger partial charge is 0.243 e. The molecule has 2 saturated heterocycles. The molecule has 3 heterocycles. The number of piperidine rings is 1. The number of halogens is 2. The van der Waals surface area contributed by atoms with Crippen molar-refractivity contribution in [2.24, 2.45) is 5.92 Å². The van der Waals surface area contributed by atoms with Gasteiger partial charge in [-0.2, -0.15) is 4.31 Å². The Morgan fingerprint density at radius 2 is 1.74 bits per heavy atom. The first-order valence-corrected chi connectivity index (χ1v) is 14.2. The Morgan fingerprint density at radius 3 is 2.44 bits per heavy atom. The van der Waals surface area contributed by atoms with Gasteiger partial charge in [-0.25, -0.2) is 13.4 Å². The third kappa shape index (κ3) is 4.64. The largest absolute Gasteiger partial charge is 0.345 e. The number of carbonyl (C=O) groups is 1. The predicted molar refractivity (Wildman–Crippen MR) is 136 cm³/mol. The minimum absolute atomic E-state index is 0.0306. The number of carbonyl (C=O) groups excluding carboxylic acids is 1. The van der Waals surface area contributed by atoms with E-state index in [1.807, 2.05) is 23.1 Å². The number of piperazine rings is 1. The fraction of sp³-hybridized carbons (Fsp3) is 0.391. The molecule has 3 aromatic rings. The van der Waals surface area contributed by atoms with E-state index in [1.54, 1.807) is 23.5 Å². The summed E-state index contributed by atoms with van der Waals surface area (Å²) in [6, 6.07) is 11.9. The highest BCUT2D eigenvalue weighted by Crippen LogP contribution is 2.33. The van der Waals surface area contributed by atoms with Gasteiger partial charge in [0.05, 0.1) is 20.5 Å². The van der Waals surface area contributed by atoms with Gasteiger partial charge in [-0.05, 0) is 49.2 Å². The topological polar surface area (TPSA) is 73.8 Å². The van der Waals surface area contributed by atoms with Crippen LogP contribution in [0.25, 0.3) is 10.2 Å². The molecule has 5 rings (SSSR count). The molecule has 0 aliphatic carbocycles. The minimum atomic E-state index is -3.66. The van der Waals surface area contributed by atoms with Crippen LogP contribution in [0, 0.1) is 5.92 Å². The number of thiazole rings is 1. The van der Waals surface area contributed by atoms with Gasteiger partial charge in [0.25, 0.3) is 0 Å². The van der Waals surface area contributed by atoms with Crippen LogP contribution < -0.4 is 4.90 Å². The van der Waals surface area contributed by atoms with Gasteiger partial charge in [0.2, 0.25) is 15.9 Å². The summed E-state index contributed by atoms with van der Waals surface area (Å²) in [5.74, 6) is -0.299. The van der Waals surface area contributed by atoms with E-state index >= 15 is 0 Å². The van der Waals surface area contributed by atoms with E-state index in [1.165, 1.54) is 16.4 Å². The van der Waals surface area contributed by atoms with Crippen molar-refractivity contribution in [3.63, 3.8) is 0 Å². The Labute approximate surface area is 212 Å². The third-order valence-electron chi connectivity index (χ3n) is 6.41. The van der Waals surface area contributed by atoms with Gasteiger partial charge >= 0.3 is 0 Å². The van der Waals surface area contributed by atoms with Gasteiger partial charge in [-0.15, -0.1) is 0 Å². The van der Waals surface area contributed by atoms with Crippen molar-refractivity contribution in [2.45, 2.75) is 17.7 Å². The summed E-state index contributed by atoms with van der Waals surface area (Å²) < 4.78 is 28.6. The molecule has 1 amide bonds. The van der Waals surface area contributed by atoms with Crippen LogP contribution in [0.1, 0.15) is 12.8 Å². The zero-order chi connectivity index (χ0) is 23.9. The highest BCUT2D eigenvalue weighted by atomic mass is 35.5. The average Bonchev–Trinajstić information content (AvgIpc) is 3.30. The lowest BCUT2D eigenvalue weighted by Gasteiger charge is -2.38. The maximum absolute atomic E-state index is 13.3. The minimum Gasteiger partial charge on any atom is -0.345 e. The fourth-order valence-electron chi connectivity index (χ4n) is 4.53. The van der Waals surface area contributed by atoms with Crippen LogP contribution in [0.5, 0.6) is 0 Å². The molecule has 1 aromatic heterocycles. The Balaban J connectivity index is 1.22. The van der Waals surface area contributed by atoms with Crippen LogP contribution in [-0.4, -0.2) is 67.8 Å². The van der Waals surface area contributed by atoms with Crippen molar-refractivity contribution in [1.29, 1.82) is 0 Å². The van der Waals surface area contributed by atoms with Crippen molar-refractivity contribution in [3.05, 3.63) is 52.5 Å². The van der Waals surface area contributed by atoms with Gasteiger partial charge in [0.15, 0.2) is 5.13 Å². The number of rotatable bonds is 4. The summed E-state index contributed by atoms with van der Waals surface area (Å²) in [5.41, 5.74) is 0.812. The van der Waals surface area contributed by atoms with Gasteiger partial charge in [0, 0.05) is 44.3 Å². The van der Waals surface area contributed by atoms with Gasteiger partial charge in [0.1, 0.15) is 5.52 Å². The number of hydrogen-bond donors (Lipinski definition) is 0. The highest BCUT2D eigenvalue weighted by molar-refractivity contribution is 7.89. The van der Waals surface area contributed by atoms with Gasteiger partial charge in [-0.3, -0.25) is 4.79 Å². The van der Waals surface area contributed by atoms with Crippen molar-refractivity contribution in [3.8, 4) is 0 Å². The fourth-order valence-corrected chi connectivity index (χ4v) is 7.50. The predicted octanol–water partition coefficient (Wildman–Crippen LogP) is 4.35. The number of aromatic nitrogens is 1. The molecule has 7 nitrogen and oxygen atoms in total. The van der Waals surface area contributed by atoms with Crippen molar-refractivity contribution in [2.75, 3.05) is 44.2 Å². The van der Waals surface area contributed by atoms with Crippen molar-refractivity contribution in [1.82, 2.24) is 14.2 Å². The standard InChI is InChI=1S/C23H24Cl2N4O3S2/c24-17-6-8-18(9-7-17)34(31,32)29-10-2-3-16(15-29)22(30)27-11-13-28(14-12-27)23-26-21-19(25)4-1-5-20(21)33-23/h1,4-9,16H,2-3,10-15H2. The number of benzene rings is 2. The first-order chi connectivity index (χ1) is 16.3. The second kappa shape index (κ2) is 9.62. The lowest BCUT2D eigenvalue weighted by molar-refractivity contribution is -0.137. The number of nitrogens with zero attached hydrogens (tertiary/aromatic N) is 4. The zero-order valence-corrected chi connectivity index (χ0v) is 21.5. The molecule has 0 N–H and O–H groups in total. The summed E-state index contributed by atoms with van der Waals surface area (Å²) in [5, 5.41) is 2.04. The summed E-state index contributed by atoms with van der Waals surface area (Å²) in [7, 11) is -3.66. The number of amides is 1. The van der Waals surface area contributed by atoms with Crippen LogP contribution in [-0.2, 0) is 14.8 Å². The Morgan fingerprint density at radius 1 is 1.00 bits per heavy atom. The van der Waals surface area contributed by atoms with E-state index in [-0.39, 0.29) is 23.3 Å². The van der Waals surface area contributed by atoms with Crippen LogP contribution in [0.4, 0.5) is 5.13 Å². The molecular formula is C23H24Cl2N4O3S2. The Bertz CT molecular complexity index is 1310. The highest BCUT2D eigenvalue weighted by Gasteiger charge is 2.36. The number of anilines is 1. The Hall–Kier alpha value is -1.91. The number of fused-ring (bicyclic) bond motifs is 1. The first-order valence-electron chi connectivity index (χ1n) is 11.2. The van der Waals surface area contributed by atoms with Gasteiger partial charge < -0.3 is 9.80 Å². The molecule has 2 aliphatic rings. The summed E-state index contributed by atoms with van der Waals surface area (Å²) in [6.07, 6.45) is 1.36. The molecular weight excluding hydrogens is 515 g/mol. The van der Waals surface area contributed by atoms with Crippen LogP contribution >= 0.6 is 34.5 Å². The van der Waals surface area contributed by atoms with Crippen molar-refractivity contribution >= 4 is 65.8 Å². The lowest BCUT2D eigenvalue weighted by Crippen LogP contribution is -2.53. The molecule has 1 atom stereocenters. The summed E-state index contributed by atoms with van der Waals surface area (Å²) in [6.45, 7) is 3.17. The second-order valence-corrected chi connectivity index (χ2v) is 12.3. The normalized spacial score (nSPS) is 20.1. The molecule has 180 valence electrons. The molecule has 0 saturated carbocycles. The summed E-state index contributed by atoms with van der Waals surface area (Å²) >= 11 is 13.8. The Kier molecular flexibility index (Phi) is 6.74. The summed E-state index contributed by atoms with van der Waals surface area (Å²) in [4.78, 5) is 22.2. The molecule has 0 radical (unpaired) electrons. The monoisotopic (exact) mass is 538 g/mol. The maximum atomic E-state index is 13.3. The van der Waals surface area contributed by atoms with Crippen LogP contribution in [0.3, 0.4) is 0 Å². The average molecular weight is 540 g/mol. The molecule has 0 spiro atoms. The zero-order valence-electron chi connectivity index (χ0n) is 18.4. The number of hydrogen-bond acceptors (Lipinski definition) is 6. The first kappa shape index (κ1) is 23.8. The molecule has 1 unspecified atom stereocenters. The van der Waals surface area contributed by atoms with Crippen LogP contribution in [0.15, 0.2) is 47.4 Å². The number of sulfonamides is 1. The van der Waals surface area contributed by atoms with E-state index < -0.39 is 10.0 Å². The molecule has 2 fully saturated rings. The van der Waals surface area contributed by atoms with E-state index in [2.05, 4.69) is 4.90 Å². The lowest BCUT2D eigenvalue weighted by atomic mass is 9.98. The van der Waals surface area contributed by atoms with E-state index in [0.717, 1.165) is 15.3 Å². The quantitative estimate of drug-likeness (QED) is 0.493. The SMILES string of the molecule is O=C(C1CCCN(S(=O)(=O)c2ccc(Cl)cc2)C1)N1CCN(c2nc3c(Cl)cccc3s2)CC1. The molecule has 2 aliphatic heterocycles. The van der Waals surface area contributed by atoms with Crippen molar-refractivity contribution < 1.29 is 13.2 Å². The van der Waals surface area contributed by atoms with E-state index in [9.17, 15) is 13.2 Å².